The van der Waals surface area contributed by atoms with Crippen LogP contribution < -0.4 is 14.7 Å². The van der Waals surface area contributed by atoms with Gasteiger partial charge in [-0.2, -0.15) is 0 Å². The fourth-order valence-electron chi connectivity index (χ4n) is 6.87. The van der Waals surface area contributed by atoms with Crippen LogP contribution in [0.2, 0.25) is 0 Å². The van der Waals surface area contributed by atoms with Crippen LogP contribution in [0.5, 0.6) is 0 Å². The van der Waals surface area contributed by atoms with E-state index in [1.165, 1.54) is 50.5 Å². The summed E-state index contributed by atoms with van der Waals surface area (Å²) in [5, 5.41) is 0. The summed E-state index contributed by atoms with van der Waals surface area (Å²) >= 11 is 0. The minimum Gasteiger partial charge on any atom is -0.372 e. The Labute approximate surface area is 298 Å². The summed E-state index contributed by atoms with van der Waals surface area (Å²) in [6.45, 7) is 25.9. The van der Waals surface area contributed by atoms with E-state index >= 15 is 0 Å². The van der Waals surface area contributed by atoms with Crippen molar-refractivity contribution >= 4 is 28.2 Å². The fraction of sp³-hybridized carbons (Fsp3) is 0.378. The molecule has 4 rings (SSSR count). The lowest BCUT2D eigenvalue weighted by Gasteiger charge is -2.26. The van der Waals surface area contributed by atoms with Gasteiger partial charge in [0, 0.05) is 62.4 Å². The van der Waals surface area contributed by atoms with Crippen LogP contribution in [0.4, 0.5) is 17.1 Å². The SMILES string of the molecule is CCN(CC)c1ccc(C(=CC=CC(=C2C=CC(N(CC)CC)C=C2)c2ccc(N(CC)CC)cc2)c2ccc(N(CC)CC)cc2)cc1. The number of likely N-dealkylation sites (N-methyl/N-ethyl adjacent to an activating group) is 1. The summed E-state index contributed by atoms with van der Waals surface area (Å²) < 4.78 is 0. The molecule has 0 unspecified atom stereocenters. The first-order chi connectivity index (χ1) is 23.9. The highest BCUT2D eigenvalue weighted by molar-refractivity contribution is 5.85. The van der Waals surface area contributed by atoms with Crippen molar-refractivity contribution < 1.29 is 0 Å². The largest absolute Gasteiger partial charge is 0.372 e. The number of benzene rings is 3. The van der Waals surface area contributed by atoms with Crippen molar-refractivity contribution in [1.29, 1.82) is 0 Å². The number of allylic oxidation sites excluding steroid dienone is 7. The van der Waals surface area contributed by atoms with Gasteiger partial charge in [0.15, 0.2) is 0 Å². The molecular weight excluding hydrogens is 597 g/mol. The van der Waals surface area contributed by atoms with Crippen LogP contribution in [0.15, 0.2) is 121 Å². The third-order valence-corrected chi connectivity index (χ3v) is 9.94. The van der Waals surface area contributed by atoms with Gasteiger partial charge in [-0.3, -0.25) is 4.90 Å². The Morgan fingerprint density at radius 3 is 1.20 bits per heavy atom. The van der Waals surface area contributed by atoms with Gasteiger partial charge in [0.2, 0.25) is 0 Å². The molecule has 0 atom stereocenters. The molecule has 0 N–H and O–H groups in total. The van der Waals surface area contributed by atoms with E-state index in [1.54, 1.807) is 0 Å². The molecule has 4 nitrogen and oxygen atoms in total. The zero-order valence-electron chi connectivity index (χ0n) is 31.5. The molecule has 0 bridgehead atoms. The zero-order chi connectivity index (χ0) is 35.2. The maximum Gasteiger partial charge on any atom is 0.0467 e. The maximum absolute atomic E-state index is 2.48. The average molecular weight is 657 g/mol. The minimum atomic E-state index is 0.333. The highest BCUT2D eigenvalue weighted by atomic mass is 15.1. The maximum atomic E-state index is 2.48. The smallest absolute Gasteiger partial charge is 0.0467 e. The van der Waals surface area contributed by atoms with Gasteiger partial charge in [-0.1, -0.05) is 92.8 Å². The molecule has 0 spiro atoms. The Morgan fingerprint density at radius 1 is 0.490 bits per heavy atom. The Morgan fingerprint density at radius 2 is 0.857 bits per heavy atom. The highest BCUT2D eigenvalue weighted by Crippen LogP contribution is 2.30. The molecule has 0 aromatic heterocycles. The molecule has 1 aliphatic carbocycles. The van der Waals surface area contributed by atoms with Crippen molar-refractivity contribution in [2.24, 2.45) is 0 Å². The first kappa shape index (κ1) is 37.5. The molecule has 1 aliphatic rings. The van der Waals surface area contributed by atoms with Gasteiger partial charge in [-0.15, -0.1) is 0 Å². The van der Waals surface area contributed by atoms with Gasteiger partial charge in [-0.25, -0.2) is 0 Å². The molecule has 0 saturated heterocycles. The molecule has 49 heavy (non-hydrogen) atoms. The van der Waals surface area contributed by atoms with Gasteiger partial charge >= 0.3 is 0 Å². The van der Waals surface area contributed by atoms with Crippen molar-refractivity contribution in [3.63, 3.8) is 0 Å². The van der Waals surface area contributed by atoms with Crippen molar-refractivity contribution in [3.8, 4) is 0 Å². The molecule has 0 radical (unpaired) electrons. The van der Waals surface area contributed by atoms with E-state index in [4.69, 9.17) is 0 Å². The molecule has 4 heteroatoms. The third kappa shape index (κ3) is 9.45. The summed E-state index contributed by atoms with van der Waals surface area (Å²) in [6, 6.07) is 27.6. The van der Waals surface area contributed by atoms with E-state index in [0.717, 1.165) is 52.4 Å². The molecule has 260 valence electrons. The summed E-state index contributed by atoms with van der Waals surface area (Å²) in [5.41, 5.74) is 11.1. The summed E-state index contributed by atoms with van der Waals surface area (Å²) in [4.78, 5) is 9.66. The fourth-order valence-corrected chi connectivity index (χ4v) is 6.87. The quantitative estimate of drug-likeness (QED) is 0.134. The number of hydrogen-bond acceptors (Lipinski definition) is 4. The normalized spacial score (nSPS) is 14.1. The van der Waals surface area contributed by atoms with Crippen molar-refractivity contribution in [2.45, 2.75) is 61.4 Å². The van der Waals surface area contributed by atoms with E-state index in [9.17, 15) is 0 Å². The Kier molecular flexibility index (Phi) is 14.6. The highest BCUT2D eigenvalue weighted by Gasteiger charge is 2.14. The van der Waals surface area contributed by atoms with Crippen LogP contribution >= 0.6 is 0 Å². The lowest BCUT2D eigenvalue weighted by atomic mass is 9.93. The molecular formula is C45H60N4. The lowest BCUT2D eigenvalue weighted by Crippen LogP contribution is -2.32. The first-order valence-electron chi connectivity index (χ1n) is 18.7. The average Bonchev–Trinajstić information content (AvgIpc) is 3.15. The predicted octanol–water partition coefficient (Wildman–Crippen LogP) is 10.5. The van der Waals surface area contributed by atoms with Crippen LogP contribution in [0.3, 0.4) is 0 Å². The number of anilines is 3. The van der Waals surface area contributed by atoms with Crippen molar-refractivity contribution in [3.05, 3.63) is 138 Å². The molecule has 3 aromatic carbocycles. The Balaban J connectivity index is 1.79. The number of nitrogens with zero attached hydrogens (tertiary/aromatic N) is 4. The van der Waals surface area contributed by atoms with Gasteiger partial charge in [-0.05, 0) is 124 Å². The predicted molar refractivity (Wildman–Crippen MR) is 218 cm³/mol. The second-order valence-corrected chi connectivity index (χ2v) is 12.4. The van der Waals surface area contributed by atoms with E-state index < -0.39 is 0 Å². The molecule has 0 fully saturated rings. The Hall–Kier alpha value is -4.28. The lowest BCUT2D eigenvalue weighted by molar-refractivity contribution is 0.287. The second kappa shape index (κ2) is 19.0. The second-order valence-electron chi connectivity index (χ2n) is 12.4. The number of rotatable bonds is 17. The molecule has 0 amide bonds. The molecule has 0 saturated carbocycles. The van der Waals surface area contributed by atoms with Gasteiger partial charge in [0.25, 0.3) is 0 Å². The summed E-state index contributed by atoms with van der Waals surface area (Å²) in [5.74, 6) is 0. The van der Waals surface area contributed by atoms with Crippen LogP contribution in [0.25, 0.3) is 11.1 Å². The van der Waals surface area contributed by atoms with Gasteiger partial charge in [0.1, 0.15) is 0 Å². The first-order valence-corrected chi connectivity index (χ1v) is 18.7. The van der Waals surface area contributed by atoms with E-state index in [2.05, 4.69) is 190 Å². The van der Waals surface area contributed by atoms with Crippen LogP contribution in [0, 0.1) is 0 Å². The van der Waals surface area contributed by atoms with E-state index in [0.29, 0.717) is 6.04 Å². The van der Waals surface area contributed by atoms with Gasteiger partial charge < -0.3 is 14.7 Å². The monoisotopic (exact) mass is 656 g/mol. The summed E-state index contributed by atoms with van der Waals surface area (Å²) in [6.07, 6.45) is 16.1. The summed E-state index contributed by atoms with van der Waals surface area (Å²) in [7, 11) is 0. The van der Waals surface area contributed by atoms with Crippen LogP contribution in [0.1, 0.15) is 72.1 Å². The zero-order valence-corrected chi connectivity index (χ0v) is 31.5. The van der Waals surface area contributed by atoms with Crippen LogP contribution in [-0.4, -0.2) is 63.3 Å². The topological polar surface area (TPSA) is 13.0 Å². The van der Waals surface area contributed by atoms with Crippen molar-refractivity contribution in [1.82, 2.24) is 4.90 Å². The van der Waals surface area contributed by atoms with E-state index in [1.807, 2.05) is 0 Å². The Bertz CT molecular complexity index is 1500. The van der Waals surface area contributed by atoms with Crippen LogP contribution in [-0.2, 0) is 0 Å². The molecule has 0 heterocycles. The van der Waals surface area contributed by atoms with E-state index in [-0.39, 0.29) is 0 Å². The third-order valence-electron chi connectivity index (χ3n) is 9.94. The van der Waals surface area contributed by atoms with Gasteiger partial charge in [0.05, 0.1) is 0 Å². The standard InChI is InChI=1S/C45H60N4/c1-9-46(10-2)40-28-20-36(21-29-40)44(37-22-30-41(31-23-37)47(11-3)12-4)18-17-19-45(38-24-32-42(33-25-38)48(13-5)14-6)39-26-34-43(35-27-39)49(15-7)16-8/h17-35,40H,9-16H2,1-8H3. The minimum absolute atomic E-state index is 0.333. The molecule has 0 aliphatic heterocycles. The van der Waals surface area contributed by atoms with Crippen molar-refractivity contribution in [2.75, 3.05) is 67.1 Å². The number of hydrogen-bond donors (Lipinski definition) is 0. The molecule has 3 aromatic rings.